The van der Waals surface area contributed by atoms with Gasteiger partial charge >= 0.3 is 0 Å². The van der Waals surface area contributed by atoms with Crippen LogP contribution in [0.1, 0.15) is 22.3 Å². The van der Waals surface area contributed by atoms with Gasteiger partial charge in [-0.2, -0.15) is 0 Å². The van der Waals surface area contributed by atoms with Gasteiger partial charge in [0.1, 0.15) is 0 Å². The second-order valence-corrected chi connectivity index (χ2v) is 15.5. The molecule has 4 nitrogen and oxygen atoms in total. The summed E-state index contributed by atoms with van der Waals surface area (Å²) in [6.45, 7) is 0. The van der Waals surface area contributed by atoms with Crippen LogP contribution in [0.4, 0.5) is 0 Å². The van der Waals surface area contributed by atoms with Crippen LogP contribution in [0.5, 0.6) is 0 Å². The third-order valence-corrected chi connectivity index (χ3v) is 12.0. The molecule has 1 aliphatic rings. The quantitative estimate of drug-likeness (QED) is 0.154. The fraction of sp³-hybridized carbons (Fsp3) is 0.0175. The van der Waals surface area contributed by atoms with Crippen molar-refractivity contribution in [2.45, 2.75) is 5.41 Å². The minimum absolute atomic E-state index is 0.481. The van der Waals surface area contributed by atoms with Gasteiger partial charge < -0.3 is 0 Å². The van der Waals surface area contributed by atoms with Crippen LogP contribution in [-0.4, -0.2) is 19.9 Å². The van der Waals surface area contributed by atoms with E-state index in [-0.39, 0.29) is 0 Å². The Morgan fingerprint density at radius 3 is 1.46 bits per heavy atom. The molecule has 0 N–H and O–H groups in total. The first-order chi connectivity index (χ1) is 30.2. The Hall–Kier alpha value is -8.08. The van der Waals surface area contributed by atoms with Gasteiger partial charge in [0.2, 0.25) is 0 Å². The molecule has 3 aromatic heterocycles. The van der Waals surface area contributed by atoms with Crippen LogP contribution >= 0.6 is 0 Å². The molecular formula is C57H38N4. The number of aromatic nitrogens is 4. The second kappa shape index (κ2) is 15.3. The monoisotopic (exact) mass is 778 g/mol. The molecule has 0 atom stereocenters. The molecule has 0 radical (unpaired) electrons. The lowest BCUT2D eigenvalue weighted by Gasteiger charge is -2.34. The van der Waals surface area contributed by atoms with Gasteiger partial charge in [0.15, 0.2) is 5.82 Å². The van der Waals surface area contributed by atoms with Gasteiger partial charge in [-0.1, -0.05) is 170 Å². The molecular weight excluding hydrogens is 741 g/mol. The maximum Gasteiger partial charge on any atom is 0.160 e. The van der Waals surface area contributed by atoms with Crippen molar-refractivity contribution in [2.24, 2.45) is 0 Å². The molecule has 61 heavy (non-hydrogen) atoms. The molecule has 10 aromatic rings. The first-order valence-corrected chi connectivity index (χ1v) is 20.6. The molecule has 4 heteroatoms. The molecule has 286 valence electrons. The second-order valence-electron chi connectivity index (χ2n) is 15.5. The third-order valence-electron chi connectivity index (χ3n) is 12.0. The maximum atomic E-state index is 5.29. The van der Waals surface area contributed by atoms with Crippen molar-refractivity contribution in [1.29, 1.82) is 0 Å². The lowest BCUT2D eigenvalue weighted by atomic mass is 9.67. The molecule has 0 saturated carbocycles. The Labute approximate surface area is 355 Å². The van der Waals surface area contributed by atoms with Crippen LogP contribution in [0.15, 0.2) is 231 Å². The zero-order valence-electron chi connectivity index (χ0n) is 33.2. The average Bonchev–Trinajstić information content (AvgIpc) is 3.65. The summed E-state index contributed by atoms with van der Waals surface area (Å²) in [5.41, 5.74) is 18.3. The zero-order valence-corrected chi connectivity index (χ0v) is 33.2. The summed E-state index contributed by atoms with van der Waals surface area (Å²) in [6, 6.07) is 73.6. The van der Waals surface area contributed by atoms with E-state index >= 15 is 0 Å². The van der Waals surface area contributed by atoms with Crippen LogP contribution in [-0.2, 0) is 5.41 Å². The van der Waals surface area contributed by atoms with Crippen molar-refractivity contribution < 1.29 is 0 Å². The topological polar surface area (TPSA) is 51.6 Å². The van der Waals surface area contributed by atoms with Gasteiger partial charge in [-0.15, -0.1) is 0 Å². The van der Waals surface area contributed by atoms with E-state index in [0.717, 1.165) is 61.5 Å². The SMILES string of the molecule is c1ccc(C2(c3ccccc3)c3ccccc3-c3ccc(-c4cccc(-c5nc(-c6ccc(-c7cccnc7)cc6)cc(-c6cccc(-c7cccnc7)c6)n5)c4)cc32)cc1. The minimum Gasteiger partial charge on any atom is -0.264 e. The minimum atomic E-state index is -0.481. The van der Waals surface area contributed by atoms with Crippen molar-refractivity contribution in [3.63, 3.8) is 0 Å². The summed E-state index contributed by atoms with van der Waals surface area (Å²) < 4.78 is 0. The lowest BCUT2D eigenvalue weighted by molar-refractivity contribution is 0.769. The normalized spacial score (nSPS) is 12.4. The van der Waals surface area contributed by atoms with E-state index in [4.69, 9.17) is 9.97 Å². The third kappa shape index (κ3) is 6.42. The Bertz CT molecular complexity index is 3130. The van der Waals surface area contributed by atoms with Crippen molar-refractivity contribution in [1.82, 2.24) is 19.9 Å². The largest absolute Gasteiger partial charge is 0.264 e. The molecule has 0 unspecified atom stereocenters. The van der Waals surface area contributed by atoms with E-state index < -0.39 is 5.41 Å². The highest BCUT2D eigenvalue weighted by Gasteiger charge is 2.46. The zero-order chi connectivity index (χ0) is 40.6. The molecule has 0 aliphatic heterocycles. The summed E-state index contributed by atoms with van der Waals surface area (Å²) in [6.07, 6.45) is 7.38. The number of nitrogens with zero attached hydrogens (tertiary/aromatic N) is 4. The van der Waals surface area contributed by atoms with Gasteiger partial charge in [-0.3, -0.25) is 9.97 Å². The van der Waals surface area contributed by atoms with E-state index in [1.54, 1.807) is 12.4 Å². The Morgan fingerprint density at radius 1 is 0.295 bits per heavy atom. The van der Waals surface area contributed by atoms with E-state index in [1.807, 2.05) is 24.5 Å². The van der Waals surface area contributed by atoms with E-state index in [0.29, 0.717) is 5.82 Å². The Kier molecular flexibility index (Phi) is 9.02. The van der Waals surface area contributed by atoms with Crippen LogP contribution < -0.4 is 0 Å². The van der Waals surface area contributed by atoms with Crippen LogP contribution in [0.2, 0.25) is 0 Å². The molecule has 0 spiro atoms. The van der Waals surface area contributed by atoms with Gasteiger partial charge in [-0.25, -0.2) is 9.97 Å². The highest BCUT2D eigenvalue weighted by Crippen LogP contribution is 2.56. The van der Waals surface area contributed by atoms with Crippen LogP contribution in [0.3, 0.4) is 0 Å². The molecule has 0 saturated heterocycles. The van der Waals surface area contributed by atoms with E-state index in [1.165, 1.54) is 33.4 Å². The van der Waals surface area contributed by atoms with Crippen molar-refractivity contribution in [3.8, 4) is 78.4 Å². The smallest absolute Gasteiger partial charge is 0.160 e. The van der Waals surface area contributed by atoms with Crippen molar-refractivity contribution >= 4 is 0 Å². The lowest BCUT2D eigenvalue weighted by Crippen LogP contribution is -2.28. The fourth-order valence-electron chi connectivity index (χ4n) is 9.09. The van der Waals surface area contributed by atoms with Crippen LogP contribution in [0.25, 0.3) is 78.4 Å². The summed E-state index contributed by atoms with van der Waals surface area (Å²) in [4.78, 5) is 19.3. The first kappa shape index (κ1) is 36.0. The number of pyridine rings is 2. The maximum absolute atomic E-state index is 5.29. The van der Waals surface area contributed by atoms with Gasteiger partial charge in [0.05, 0.1) is 16.8 Å². The molecule has 7 aromatic carbocycles. The summed E-state index contributed by atoms with van der Waals surface area (Å²) in [5, 5.41) is 0. The Morgan fingerprint density at radius 2 is 0.787 bits per heavy atom. The predicted molar refractivity (Wildman–Crippen MR) is 248 cm³/mol. The molecule has 3 heterocycles. The highest BCUT2D eigenvalue weighted by atomic mass is 14.9. The average molecular weight is 779 g/mol. The number of rotatable bonds is 8. The Balaban J connectivity index is 1.05. The van der Waals surface area contributed by atoms with Crippen LogP contribution in [0, 0.1) is 0 Å². The number of benzene rings is 7. The number of fused-ring (bicyclic) bond motifs is 3. The number of hydrogen-bond acceptors (Lipinski definition) is 4. The van der Waals surface area contributed by atoms with E-state index in [9.17, 15) is 0 Å². The van der Waals surface area contributed by atoms with Gasteiger partial charge in [0.25, 0.3) is 0 Å². The molecule has 0 amide bonds. The van der Waals surface area contributed by atoms with E-state index in [2.05, 4.69) is 204 Å². The van der Waals surface area contributed by atoms with Crippen molar-refractivity contribution in [3.05, 3.63) is 253 Å². The summed E-state index contributed by atoms with van der Waals surface area (Å²) in [5.74, 6) is 0.661. The molecule has 0 fully saturated rings. The molecule has 11 rings (SSSR count). The standard InChI is InChI=1S/C57H38N4/c1-3-19-48(20-4-1)57(49-21-5-2-6-22-49)52-24-8-7-23-50(52)51-30-29-43(35-53(51)57)41-13-10-16-45(34-41)56-60-54(40-27-25-39(26-28-40)46-17-11-31-58-37-46)36-55(61-56)44-15-9-14-42(33-44)47-18-12-32-59-38-47/h1-38H. The van der Waals surface area contributed by atoms with Crippen molar-refractivity contribution in [2.75, 3.05) is 0 Å². The van der Waals surface area contributed by atoms with Gasteiger partial charge in [-0.05, 0) is 97.6 Å². The number of hydrogen-bond donors (Lipinski definition) is 0. The molecule has 0 bridgehead atoms. The fourth-order valence-corrected chi connectivity index (χ4v) is 9.09. The molecule has 1 aliphatic carbocycles. The van der Waals surface area contributed by atoms with Gasteiger partial charge in [0, 0.05) is 47.0 Å². The first-order valence-electron chi connectivity index (χ1n) is 20.6. The summed E-state index contributed by atoms with van der Waals surface area (Å²) >= 11 is 0. The highest BCUT2D eigenvalue weighted by molar-refractivity contribution is 5.89. The summed E-state index contributed by atoms with van der Waals surface area (Å²) in [7, 11) is 0. The predicted octanol–water partition coefficient (Wildman–Crippen LogP) is 13.6.